The van der Waals surface area contributed by atoms with Gasteiger partial charge >= 0.3 is 0 Å². The van der Waals surface area contributed by atoms with Crippen molar-refractivity contribution >= 4 is 23.4 Å². The van der Waals surface area contributed by atoms with Crippen molar-refractivity contribution < 1.29 is 23.8 Å². The average Bonchev–Trinajstić information content (AvgIpc) is 2.72. The normalized spacial score (nSPS) is 11.6. The molecule has 29 heavy (non-hydrogen) atoms. The van der Waals surface area contributed by atoms with Crippen LogP contribution in [-0.2, 0) is 9.53 Å². The molecule has 2 rings (SSSR count). The van der Waals surface area contributed by atoms with Crippen LogP contribution in [0.4, 0.5) is 0 Å². The summed E-state index contributed by atoms with van der Waals surface area (Å²) in [7, 11) is 1.41. The molecule has 0 heterocycles. The molecular formula is C21H25ClN2O5. The van der Waals surface area contributed by atoms with Gasteiger partial charge in [0.15, 0.2) is 18.1 Å². The van der Waals surface area contributed by atoms with Crippen LogP contribution in [0.25, 0.3) is 0 Å². The molecule has 1 atom stereocenters. The van der Waals surface area contributed by atoms with Crippen LogP contribution in [0, 0.1) is 0 Å². The summed E-state index contributed by atoms with van der Waals surface area (Å²) >= 11 is 6.16. The quantitative estimate of drug-likeness (QED) is 0.544. The first-order valence-electron chi connectivity index (χ1n) is 9.15. The molecule has 0 saturated carbocycles. The molecule has 0 bridgehead atoms. The highest BCUT2D eigenvalue weighted by molar-refractivity contribution is 6.32. The highest BCUT2D eigenvalue weighted by Crippen LogP contribution is 2.36. The summed E-state index contributed by atoms with van der Waals surface area (Å²) in [5, 5.41) is 2.96. The number of carbonyl (C=O) groups excluding carboxylic acids is 2. The Morgan fingerprint density at radius 1 is 1.21 bits per heavy atom. The molecule has 0 radical (unpaired) electrons. The maximum atomic E-state index is 12.4. The maximum absolute atomic E-state index is 12.4. The number of halogens is 1. The topological polar surface area (TPSA) is 99.9 Å². The highest BCUT2D eigenvalue weighted by atomic mass is 35.5. The molecule has 0 aliphatic heterocycles. The van der Waals surface area contributed by atoms with Gasteiger partial charge in [-0.15, -0.1) is 0 Å². The predicted molar refractivity (Wildman–Crippen MR) is 110 cm³/mol. The Hall–Kier alpha value is -2.77. The van der Waals surface area contributed by atoms with Crippen molar-refractivity contribution in [2.24, 2.45) is 5.73 Å². The van der Waals surface area contributed by atoms with Crippen molar-refractivity contribution in [1.29, 1.82) is 0 Å². The van der Waals surface area contributed by atoms with Crippen LogP contribution in [0.5, 0.6) is 11.5 Å². The lowest BCUT2D eigenvalue weighted by atomic mass is 10.1. The first kappa shape index (κ1) is 22.5. The lowest BCUT2D eigenvalue weighted by Crippen LogP contribution is -2.25. The smallest absolute Gasteiger partial charge is 0.255 e. The van der Waals surface area contributed by atoms with E-state index < -0.39 is 5.91 Å². The molecule has 2 aromatic carbocycles. The van der Waals surface area contributed by atoms with Crippen LogP contribution in [0.15, 0.2) is 42.5 Å². The number of amides is 2. The van der Waals surface area contributed by atoms with Crippen molar-refractivity contribution in [3.05, 3.63) is 58.6 Å². The number of nitrogens with two attached hydrogens (primary N) is 1. The first-order valence-corrected chi connectivity index (χ1v) is 9.53. The number of hydrogen-bond donors (Lipinski definition) is 2. The summed E-state index contributed by atoms with van der Waals surface area (Å²) in [6, 6.07) is 12.9. The minimum absolute atomic E-state index is 0.0112. The van der Waals surface area contributed by atoms with E-state index in [4.69, 9.17) is 31.5 Å². The standard InChI is InChI=1S/C21H25ClN2O5/c1-14(15-7-4-3-5-8-15)28-10-6-9-24-21(26)16-11-17(22)20(18(12-16)27-2)29-13-19(23)25/h3-5,7-8,11-12,14H,6,9-10,13H2,1-2H3,(H2,23,25)(H,24,26)/t14-/m1/s1. The van der Waals surface area contributed by atoms with Gasteiger partial charge in [0.25, 0.3) is 11.8 Å². The fraction of sp³-hybridized carbons (Fsp3) is 0.333. The summed E-state index contributed by atoms with van der Waals surface area (Å²) in [4.78, 5) is 23.3. The Balaban J connectivity index is 1.84. The van der Waals surface area contributed by atoms with Gasteiger partial charge in [0, 0.05) is 18.7 Å². The summed E-state index contributed by atoms with van der Waals surface area (Å²) < 4.78 is 16.2. The third-order valence-corrected chi connectivity index (χ3v) is 4.37. The van der Waals surface area contributed by atoms with Crippen molar-refractivity contribution in [3.63, 3.8) is 0 Å². The SMILES string of the molecule is COc1cc(C(=O)NCCCO[C@H](C)c2ccccc2)cc(Cl)c1OCC(N)=O. The molecule has 0 unspecified atom stereocenters. The molecule has 3 N–H and O–H groups in total. The van der Waals surface area contributed by atoms with Gasteiger partial charge in [-0.3, -0.25) is 9.59 Å². The van der Waals surface area contributed by atoms with Crippen molar-refractivity contribution in [2.45, 2.75) is 19.4 Å². The zero-order chi connectivity index (χ0) is 21.2. The molecular weight excluding hydrogens is 396 g/mol. The Morgan fingerprint density at radius 3 is 2.59 bits per heavy atom. The fourth-order valence-corrected chi connectivity index (χ4v) is 2.86. The molecule has 0 aliphatic rings. The number of rotatable bonds is 11. The summed E-state index contributed by atoms with van der Waals surface area (Å²) in [5.74, 6) is -0.548. The lowest BCUT2D eigenvalue weighted by Gasteiger charge is -2.14. The zero-order valence-corrected chi connectivity index (χ0v) is 17.2. The van der Waals surface area contributed by atoms with E-state index in [1.165, 1.54) is 19.2 Å². The molecule has 2 amide bonds. The summed E-state index contributed by atoms with van der Waals surface area (Å²) in [6.45, 7) is 2.60. The molecule has 7 nitrogen and oxygen atoms in total. The summed E-state index contributed by atoms with van der Waals surface area (Å²) in [5.41, 5.74) is 6.49. The largest absolute Gasteiger partial charge is 0.493 e. The molecule has 156 valence electrons. The maximum Gasteiger partial charge on any atom is 0.255 e. The van der Waals surface area contributed by atoms with E-state index in [0.717, 1.165) is 5.56 Å². The number of nitrogens with one attached hydrogen (secondary N) is 1. The minimum atomic E-state index is -0.645. The number of carbonyl (C=O) groups is 2. The van der Waals surface area contributed by atoms with Crippen LogP contribution in [0.3, 0.4) is 0 Å². The van der Waals surface area contributed by atoms with Crippen LogP contribution in [0.2, 0.25) is 5.02 Å². The molecule has 0 saturated heterocycles. The molecule has 8 heteroatoms. The zero-order valence-electron chi connectivity index (χ0n) is 16.4. The van der Waals surface area contributed by atoms with Crippen LogP contribution < -0.4 is 20.5 Å². The fourth-order valence-electron chi connectivity index (χ4n) is 2.59. The van der Waals surface area contributed by atoms with Crippen molar-refractivity contribution in [2.75, 3.05) is 26.9 Å². The van der Waals surface area contributed by atoms with Crippen molar-refractivity contribution in [1.82, 2.24) is 5.32 Å². The Kier molecular flexibility index (Phi) is 8.76. The van der Waals surface area contributed by atoms with Gasteiger partial charge in [0.2, 0.25) is 0 Å². The van der Waals surface area contributed by atoms with Gasteiger partial charge in [-0.05, 0) is 31.0 Å². The van der Waals surface area contributed by atoms with E-state index in [-0.39, 0.29) is 35.1 Å². The van der Waals surface area contributed by atoms with Crippen LogP contribution in [0.1, 0.15) is 35.4 Å². The third-order valence-electron chi connectivity index (χ3n) is 4.09. The van der Waals surface area contributed by atoms with E-state index in [1.807, 2.05) is 37.3 Å². The second-order valence-electron chi connectivity index (χ2n) is 6.28. The van der Waals surface area contributed by atoms with E-state index in [9.17, 15) is 9.59 Å². The first-order chi connectivity index (χ1) is 13.9. The third kappa shape index (κ3) is 6.96. The number of benzene rings is 2. The van der Waals surface area contributed by atoms with E-state index in [1.54, 1.807) is 0 Å². The molecule has 0 aromatic heterocycles. The molecule has 2 aromatic rings. The number of hydrogen-bond acceptors (Lipinski definition) is 5. The van der Waals surface area contributed by atoms with Crippen molar-refractivity contribution in [3.8, 4) is 11.5 Å². The monoisotopic (exact) mass is 420 g/mol. The summed E-state index contributed by atoms with van der Waals surface area (Å²) in [6.07, 6.45) is 0.649. The van der Waals surface area contributed by atoms with E-state index in [2.05, 4.69) is 5.32 Å². The number of methoxy groups -OCH3 is 1. The average molecular weight is 421 g/mol. The van der Waals surface area contributed by atoms with E-state index >= 15 is 0 Å². The van der Waals surface area contributed by atoms with Crippen LogP contribution in [-0.4, -0.2) is 38.7 Å². The second kappa shape index (κ2) is 11.3. The Bertz CT molecular complexity index is 829. The Labute approximate surface area is 175 Å². The Morgan fingerprint density at radius 2 is 1.93 bits per heavy atom. The molecule has 0 fully saturated rings. The predicted octanol–water partition coefficient (Wildman–Crippen LogP) is 3.11. The lowest BCUT2D eigenvalue weighted by molar-refractivity contribution is -0.119. The molecule has 0 spiro atoms. The van der Waals surface area contributed by atoms with Gasteiger partial charge in [0.1, 0.15) is 0 Å². The molecule has 0 aliphatic carbocycles. The second-order valence-corrected chi connectivity index (χ2v) is 6.68. The number of ether oxygens (including phenoxy) is 3. The van der Waals surface area contributed by atoms with Gasteiger partial charge in [-0.2, -0.15) is 0 Å². The van der Waals surface area contributed by atoms with Gasteiger partial charge < -0.3 is 25.3 Å². The highest BCUT2D eigenvalue weighted by Gasteiger charge is 2.16. The van der Waals surface area contributed by atoms with Crippen LogP contribution >= 0.6 is 11.6 Å². The van der Waals surface area contributed by atoms with Gasteiger partial charge in [0.05, 0.1) is 18.2 Å². The van der Waals surface area contributed by atoms with Gasteiger partial charge in [-0.25, -0.2) is 0 Å². The minimum Gasteiger partial charge on any atom is -0.493 e. The number of primary amides is 1. The van der Waals surface area contributed by atoms with E-state index in [0.29, 0.717) is 25.1 Å². The van der Waals surface area contributed by atoms with Gasteiger partial charge in [-0.1, -0.05) is 41.9 Å².